The zero-order chi connectivity index (χ0) is 15.9. The maximum Gasteiger partial charge on any atom is 0.407 e. The standard InChI is InChI=1S/C14H22N4O3/c1-5-21-13(20)15-7-6-11(19)18-10-8-16-12(17-9-10)14(2,3)4/h8-9H,5-7H2,1-4H3,(H,15,20)(H,18,19). The van der Waals surface area contributed by atoms with Gasteiger partial charge in [0.25, 0.3) is 0 Å². The number of hydrogen-bond donors (Lipinski definition) is 2. The Morgan fingerprint density at radius 2 is 1.86 bits per heavy atom. The lowest BCUT2D eigenvalue weighted by Gasteiger charge is -2.16. The number of carbonyl (C=O) groups excluding carboxylic acids is 2. The van der Waals surface area contributed by atoms with E-state index in [0.29, 0.717) is 18.1 Å². The van der Waals surface area contributed by atoms with Crippen LogP contribution in [-0.2, 0) is 14.9 Å². The van der Waals surface area contributed by atoms with E-state index < -0.39 is 6.09 Å². The SMILES string of the molecule is CCOC(=O)NCCC(=O)Nc1cnc(C(C)(C)C)nc1. The van der Waals surface area contributed by atoms with Gasteiger partial charge in [0.2, 0.25) is 5.91 Å². The number of nitrogens with zero attached hydrogens (tertiary/aromatic N) is 2. The molecule has 0 atom stereocenters. The number of nitrogens with one attached hydrogen (secondary N) is 2. The summed E-state index contributed by atoms with van der Waals surface area (Å²) in [6, 6.07) is 0. The van der Waals surface area contributed by atoms with Gasteiger partial charge in [-0.2, -0.15) is 0 Å². The number of anilines is 1. The summed E-state index contributed by atoms with van der Waals surface area (Å²) in [6.45, 7) is 8.28. The average molecular weight is 294 g/mol. The van der Waals surface area contributed by atoms with Crippen LogP contribution in [0.1, 0.15) is 39.9 Å². The fourth-order valence-corrected chi connectivity index (χ4v) is 1.46. The molecule has 1 heterocycles. The zero-order valence-corrected chi connectivity index (χ0v) is 12.9. The Hall–Kier alpha value is -2.18. The van der Waals surface area contributed by atoms with E-state index in [9.17, 15) is 9.59 Å². The molecule has 0 spiro atoms. The van der Waals surface area contributed by atoms with E-state index in [0.717, 1.165) is 0 Å². The highest BCUT2D eigenvalue weighted by Crippen LogP contribution is 2.18. The molecule has 0 aliphatic carbocycles. The van der Waals surface area contributed by atoms with E-state index in [1.807, 2.05) is 20.8 Å². The molecule has 0 aliphatic rings. The number of aromatic nitrogens is 2. The Morgan fingerprint density at radius 1 is 1.24 bits per heavy atom. The van der Waals surface area contributed by atoms with E-state index in [1.165, 1.54) is 0 Å². The van der Waals surface area contributed by atoms with Gasteiger partial charge in [0.15, 0.2) is 0 Å². The van der Waals surface area contributed by atoms with E-state index in [4.69, 9.17) is 0 Å². The molecule has 0 bridgehead atoms. The second kappa shape index (κ2) is 7.56. The fraction of sp³-hybridized carbons (Fsp3) is 0.571. The summed E-state index contributed by atoms with van der Waals surface area (Å²) in [7, 11) is 0. The van der Waals surface area contributed by atoms with Gasteiger partial charge in [-0.15, -0.1) is 0 Å². The van der Waals surface area contributed by atoms with Gasteiger partial charge in [0.1, 0.15) is 5.82 Å². The summed E-state index contributed by atoms with van der Waals surface area (Å²) in [4.78, 5) is 31.1. The normalized spacial score (nSPS) is 10.9. The highest BCUT2D eigenvalue weighted by molar-refractivity contribution is 5.90. The predicted molar refractivity (Wildman–Crippen MR) is 79.0 cm³/mol. The van der Waals surface area contributed by atoms with E-state index >= 15 is 0 Å². The first-order valence-corrected chi connectivity index (χ1v) is 6.86. The Morgan fingerprint density at radius 3 is 2.38 bits per heavy atom. The summed E-state index contributed by atoms with van der Waals surface area (Å²) >= 11 is 0. The average Bonchev–Trinajstić information content (AvgIpc) is 2.38. The van der Waals surface area contributed by atoms with Gasteiger partial charge in [-0.25, -0.2) is 14.8 Å². The molecular formula is C14H22N4O3. The predicted octanol–water partition coefficient (Wildman–Crippen LogP) is 1.85. The van der Waals surface area contributed by atoms with Crippen LogP contribution in [0.15, 0.2) is 12.4 Å². The lowest BCUT2D eigenvalue weighted by Crippen LogP contribution is -2.28. The van der Waals surface area contributed by atoms with Crippen LogP contribution in [-0.4, -0.2) is 35.1 Å². The van der Waals surface area contributed by atoms with Crippen molar-refractivity contribution in [3.05, 3.63) is 18.2 Å². The number of ether oxygens (including phenoxy) is 1. The third-order valence-electron chi connectivity index (χ3n) is 2.50. The van der Waals surface area contributed by atoms with E-state index in [-0.39, 0.29) is 24.3 Å². The molecule has 0 unspecified atom stereocenters. The third-order valence-corrected chi connectivity index (χ3v) is 2.50. The highest BCUT2D eigenvalue weighted by atomic mass is 16.5. The first-order chi connectivity index (χ1) is 9.82. The number of amides is 2. The van der Waals surface area contributed by atoms with Crippen molar-refractivity contribution in [2.24, 2.45) is 0 Å². The summed E-state index contributed by atoms with van der Waals surface area (Å²) in [6.07, 6.45) is 2.78. The lowest BCUT2D eigenvalue weighted by molar-refractivity contribution is -0.116. The molecule has 116 valence electrons. The van der Waals surface area contributed by atoms with Crippen LogP contribution in [0, 0.1) is 0 Å². The first-order valence-electron chi connectivity index (χ1n) is 6.86. The zero-order valence-electron chi connectivity index (χ0n) is 12.9. The van der Waals surface area contributed by atoms with Crippen LogP contribution in [0.5, 0.6) is 0 Å². The van der Waals surface area contributed by atoms with Crippen molar-refractivity contribution in [1.82, 2.24) is 15.3 Å². The number of rotatable bonds is 5. The summed E-state index contributed by atoms with van der Waals surface area (Å²) in [5.41, 5.74) is 0.399. The van der Waals surface area contributed by atoms with Gasteiger partial charge >= 0.3 is 6.09 Å². The molecule has 0 aliphatic heterocycles. The molecule has 7 nitrogen and oxygen atoms in total. The van der Waals surface area contributed by atoms with Gasteiger partial charge in [0, 0.05) is 18.4 Å². The van der Waals surface area contributed by atoms with Crippen LogP contribution in [0.25, 0.3) is 0 Å². The first kappa shape index (κ1) is 16.9. The van der Waals surface area contributed by atoms with Gasteiger partial charge in [-0.1, -0.05) is 20.8 Å². The molecule has 2 N–H and O–H groups in total. The number of hydrogen-bond acceptors (Lipinski definition) is 5. The minimum atomic E-state index is -0.525. The minimum Gasteiger partial charge on any atom is -0.450 e. The molecule has 1 rings (SSSR count). The molecule has 1 aromatic rings. The fourth-order valence-electron chi connectivity index (χ4n) is 1.46. The molecular weight excluding hydrogens is 272 g/mol. The van der Waals surface area contributed by atoms with Crippen molar-refractivity contribution in [3.63, 3.8) is 0 Å². The second-order valence-electron chi connectivity index (χ2n) is 5.49. The number of carbonyl (C=O) groups is 2. The van der Waals surface area contributed by atoms with E-state index in [2.05, 4.69) is 25.3 Å². The Kier molecular flexibility index (Phi) is 6.08. The molecule has 21 heavy (non-hydrogen) atoms. The maximum absolute atomic E-state index is 11.7. The maximum atomic E-state index is 11.7. The minimum absolute atomic E-state index is 0.133. The van der Waals surface area contributed by atoms with Gasteiger partial charge < -0.3 is 15.4 Å². The van der Waals surface area contributed by atoms with Crippen LogP contribution in [0.4, 0.5) is 10.5 Å². The molecule has 0 radical (unpaired) electrons. The molecule has 0 saturated carbocycles. The topological polar surface area (TPSA) is 93.2 Å². The van der Waals surface area contributed by atoms with Crippen LogP contribution < -0.4 is 10.6 Å². The molecule has 1 aromatic heterocycles. The van der Waals surface area contributed by atoms with Crippen LogP contribution in [0.2, 0.25) is 0 Å². The Balaban J connectivity index is 2.40. The summed E-state index contributed by atoms with van der Waals surface area (Å²) in [5, 5.41) is 5.15. The monoisotopic (exact) mass is 294 g/mol. The molecule has 0 aromatic carbocycles. The van der Waals surface area contributed by atoms with Crippen molar-refractivity contribution in [1.29, 1.82) is 0 Å². The van der Waals surface area contributed by atoms with Crippen molar-refractivity contribution < 1.29 is 14.3 Å². The molecule has 7 heteroatoms. The lowest BCUT2D eigenvalue weighted by atomic mass is 9.96. The molecule has 0 fully saturated rings. The largest absolute Gasteiger partial charge is 0.450 e. The quantitative estimate of drug-likeness (QED) is 0.864. The van der Waals surface area contributed by atoms with Gasteiger partial charge in [-0.05, 0) is 6.92 Å². The smallest absolute Gasteiger partial charge is 0.407 e. The third kappa shape index (κ3) is 6.20. The summed E-state index contributed by atoms with van der Waals surface area (Å²) in [5.74, 6) is 0.489. The van der Waals surface area contributed by atoms with Crippen molar-refractivity contribution >= 4 is 17.7 Å². The van der Waals surface area contributed by atoms with Gasteiger partial charge in [-0.3, -0.25) is 4.79 Å². The summed E-state index contributed by atoms with van der Waals surface area (Å²) < 4.78 is 4.69. The van der Waals surface area contributed by atoms with Crippen LogP contribution >= 0.6 is 0 Å². The Bertz CT molecular complexity index is 480. The highest BCUT2D eigenvalue weighted by Gasteiger charge is 2.16. The number of alkyl carbamates (subject to hydrolysis) is 1. The van der Waals surface area contributed by atoms with Crippen LogP contribution in [0.3, 0.4) is 0 Å². The van der Waals surface area contributed by atoms with Crippen molar-refractivity contribution in [2.45, 2.75) is 39.5 Å². The second-order valence-corrected chi connectivity index (χ2v) is 5.49. The molecule has 0 saturated heterocycles. The van der Waals surface area contributed by atoms with Crippen molar-refractivity contribution in [3.8, 4) is 0 Å². The van der Waals surface area contributed by atoms with Crippen molar-refractivity contribution in [2.75, 3.05) is 18.5 Å². The Labute approximate surface area is 124 Å². The van der Waals surface area contributed by atoms with Gasteiger partial charge in [0.05, 0.1) is 24.7 Å². The van der Waals surface area contributed by atoms with E-state index in [1.54, 1.807) is 19.3 Å². The molecule has 2 amide bonds.